The summed E-state index contributed by atoms with van der Waals surface area (Å²) >= 11 is 6.28. The molecule has 0 radical (unpaired) electrons. The van der Waals surface area contributed by atoms with Crippen LogP contribution in [0.4, 0.5) is 0 Å². The lowest BCUT2D eigenvalue weighted by Crippen LogP contribution is -2.29. The number of ketones is 1. The standard InChI is InChI=1S/C27H27ClN2O3/c1-4-7-20(31)16-29-26(32)24-11-10-23(21-8-5-6-9-22(21)24)25-15-27(3,33-30-25)18-12-17(2)13-19(28)14-18/h5-6,8-14H,4,7,15-16H2,1-3H3,(H,29,32). The number of Topliss-reactive ketones (excluding diaryl/α,β-unsaturated/α-hetero) is 1. The van der Waals surface area contributed by atoms with Crippen LogP contribution < -0.4 is 5.32 Å². The highest BCUT2D eigenvalue weighted by atomic mass is 35.5. The van der Waals surface area contributed by atoms with E-state index in [1.807, 2.05) is 63.2 Å². The molecule has 4 rings (SSSR count). The minimum absolute atomic E-state index is 0.0276. The third-order valence-corrected chi connectivity index (χ3v) is 6.19. The maximum absolute atomic E-state index is 12.8. The smallest absolute Gasteiger partial charge is 0.252 e. The van der Waals surface area contributed by atoms with Crippen LogP contribution in [0.5, 0.6) is 0 Å². The molecule has 6 heteroatoms. The number of benzene rings is 3. The molecule has 3 aromatic rings. The third-order valence-electron chi connectivity index (χ3n) is 5.97. The first-order valence-corrected chi connectivity index (χ1v) is 11.5. The summed E-state index contributed by atoms with van der Waals surface area (Å²) in [5.74, 6) is -0.231. The van der Waals surface area contributed by atoms with E-state index < -0.39 is 5.60 Å². The van der Waals surface area contributed by atoms with Crippen molar-refractivity contribution in [1.29, 1.82) is 0 Å². The first-order chi connectivity index (χ1) is 15.8. The summed E-state index contributed by atoms with van der Waals surface area (Å²) in [6.07, 6.45) is 1.81. The third kappa shape index (κ3) is 4.79. The molecule has 170 valence electrons. The minimum Gasteiger partial charge on any atom is -0.384 e. The number of rotatable bonds is 7. The largest absolute Gasteiger partial charge is 0.384 e. The molecule has 0 saturated heterocycles. The van der Waals surface area contributed by atoms with Crippen molar-refractivity contribution < 1.29 is 14.4 Å². The Morgan fingerprint density at radius 3 is 2.61 bits per heavy atom. The fraction of sp³-hybridized carbons (Fsp3) is 0.296. The van der Waals surface area contributed by atoms with Crippen LogP contribution in [0, 0.1) is 6.92 Å². The Hall–Kier alpha value is -3.18. The SMILES string of the molecule is CCCC(=O)CNC(=O)c1ccc(C2=NOC(C)(c3cc(C)cc(Cl)c3)C2)c2ccccc12. The second kappa shape index (κ2) is 9.36. The molecule has 0 saturated carbocycles. The highest BCUT2D eigenvalue weighted by Crippen LogP contribution is 2.39. The first kappa shape index (κ1) is 23.0. The number of oxime groups is 1. The molecule has 1 unspecified atom stereocenters. The van der Waals surface area contributed by atoms with E-state index in [9.17, 15) is 9.59 Å². The van der Waals surface area contributed by atoms with Gasteiger partial charge in [0.15, 0.2) is 11.4 Å². The number of nitrogens with zero attached hydrogens (tertiary/aromatic N) is 1. The van der Waals surface area contributed by atoms with E-state index in [0.717, 1.165) is 39.6 Å². The van der Waals surface area contributed by atoms with Crippen LogP contribution in [-0.2, 0) is 15.2 Å². The molecule has 0 fully saturated rings. The number of nitrogens with one attached hydrogen (secondary N) is 1. The van der Waals surface area contributed by atoms with Crippen LogP contribution in [0.2, 0.25) is 5.02 Å². The Bertz CT molecular complexity index is 1250. The Balaban J connectivity index is 1.63. The summed E-state index contributed by atoms with van der Waals surface area (Å²) in [4.78, 5) is 30.6. The average Bonchev–Trinajstić information content (AvgIpc) is 3.19. The van der Waals surface area contributed by atoms with Crippen LogP contribution in [0.1, 0.15) is 60.2 Å². The number of hydrogen-bond acceptors (Lipinski definition) is 4. The molecule has 0 spiro atoms. The summed E-state index contributed by atoms with van der Waals surface area (Å²) in [6.45, 7) is 6.00. The summed E-state index contributed by atoms with van der Waals surface area (Å²) in [5.41, 5.74) is 3.69. The Morgan fingerprint density at radius 2 is 1.88 bits per heavy atom. The van der Waals surface area contributed by atoms with Crippen molar-refractivity contribution in [2.75, 3.05) is 6.54 Å². The van der Waals surface area contributed by atoms with Crippen molar-refractivity contribution in [2.24, 2.45) is 5.16 Å². The van der Waals surface area contributed by atoms with E-state index in [-0.39, 0.29) is 18.2 Å². The Kier molecular flexibility index (Phi) is 6.52. The molecule has 1 amide bonds. The van der Waals surface area contributed by atoms with Crippen molar-refractivity contribution >= 4 is 39.8 Å². The minimum atomic E-state index is -0.623. The van der Waals surface area contributed by atoms with Crippen LogP contribution in [0.3, 0.4) is 0 Å². The van der Waals surface area contributed by atoms with Gasteiger partial charge in [-0.05, 0) is 60.4 Å². The van der Waals surface area contributed by atoms with Gasteiger partial charge in [0.2, 0.25) is 0 Å². The lowest BCUT2D eigenvalue weighted by Gasteiger charge is -2.22. The zero-order valence-corrected chi connectivity index (χ0v) is 19.8. The first-order valence-electron chi connectivity index (χ1n) is 11.2. The van der Waals surface area contributed by atoms with E-state index in [0.29, 0.717) is 23.4 Å². The molecule has 1 N–H and O–H groups in total. The highest BCUT2D eigenvalue weighted by molar-refractivity contribution is 6.30. The van der Waals surface area contributed by atoms with E-state index in [2.05, 4.69) is 16.5 Å². The average molecular weight is 463 g/mol. The van der Waals surface area contributed by atoms with E-state index in [4.69, 9.17) is 16.4 Å². The molecule has 33 heavy (non-hydrogen) atoms. The molecule has 3 aromatic carbocycles. The second-order valence-corrected chi connectivity index (χ2v) is 9.17. The lowest BCUT2D eigenvalue weighted by molar-refractivity contribution is -0.118. The van der Waals surface area contributed by atoms with Gasteiger partial charge in [-0.25, -0.2) is 0 Å². The maximum atomic E-state index is 12.8. The van der Waals surface area contributed by atoms with Crippen molar-refractivity contribution in [1.82, 2.24) is 5.32 Å². The molecule has 0 aromatic heterocycles. The van der Waals surface area contributed by atoms with Gasteiger partial charge < -0.3 is 10.2 Å². The van der Waals surface area contributed by atoms with Crippen molar-refractivity contribution in [2.45, 2.75) is 45.6 Å². The molecule has 5 nitrogen and oxygen atoms in total. The fourth-order valence-corrected chi connectivity index (χ4v) is 4.56. The van der Waals surface area contributed by atoms with E-state index in [1.165, 1.54) is 0 Å². The molecule has 1 atom stereocenters. The molecule has 0 bridgehead atoms. The van der Waals surface area contributed by atoms with Gasteiger partial charge >= 0.3 is 0 Å². The van der Waals surface area contributed by atoms with Crippen LogP contribution >= 0.6 is 11.6 Å². The summed E-state index contributed by atoms with van der Waals surface area (Å²) in [7, 11) is 0. The van der Waals surface area contributed by atoms with E-state index >= 15 is 0 Å². The monoisotopic (exact) mass is 462 g/mol. The molecule has 1 aliphatic heterocycles. The van der Waals surface area contributed by atoms with Gasteiger partial charge in [-0.15, -0.1) is 0 Å². The maximum Gasteiger partial charge on any atom is 0.252 e. The lowest BCUT2D eigenvalue weighted by atomic mass is 9.86. The van der Waals surface area contributed by atoms with Crippen LogP contribution in [0.25, 0.3) is 10.8 Å². The normalized spacial score (nSPS) is 17.5. The van der Waals surface area contributed by atoms with Gasteiger partial charge in [0.1, 0.15) is 0 Å². The van der Waals surface area contributed by atoms with Crippen LogP contribution in [0.15, 0.2) is 59.8 Å². The molecule has 1 aliphatic rings. The molecule has 0 aliphatic carbocycles. The van der Waals surface area contributed by atoms with Crippen LogP contribution in [-0.4, -0.2) is 23.9 Å². The summed E-state index contributed by atoms with van der Waals surface area (Å²) in [6, 6.07) is 17.3. The topological polar surface area (TPSA) is 67.8 Å². The van der Waals surface area contributed by atoms with Crippen molar-refractivity contribution in [3.8, 4) is 0 Å². The van der Waals surface area contributed by atoms with Gasteiger partial charge in [-0.2, -0.15) is 0 Å². The predicted octanol–water partition coefficient (Wildman–Crippen LogP) is 5.94. The van der Waals surface area contributed by atoms with Crippen molar-refractivity contribution in [3.63, 3.8) is 0 Å². The number of hydrogen-bond donors (Lipinski definition) is 1. The zero-order valence-electron chi connectivity index (χ0n) is 19.1. The van der Waals surface area contributed by atoms with Gasteiger partial charge in [0.05, 0.1) is 12.3 Å². The van der Waals surface area contributed by atoms with Gasteiger partial charge in [0.25, 0.3) is 5.91 Å². The number of halogens is 1. The summed E-state index contributed by atoms with van der Waals surface area (Å²) in [5, 5.41) is 9.58. The predicted molar refractivity (Wildman–Crippen MR) is 132 cm³/mol. The summed E-state index contributed by atoms with van der Waals surface area (Å²) < 4.78 is 0. The van der Waals surface area contributed by atoms with Gasteiger partial charge in [-0.3, -0.25) is 9.59 Å². The van der Waals surface area contributed by atoms with Gasteiger partial charge in [0, 0.05) is 29.0 Å². The number of fused-ring (bicyclic) bond motifs is 1. The highest BCUT2D eigenvalue weighted by Gasteiger charge is 2.37. The number of aryl methyl sites for hydroxylation is 1. The second-order valence-electron chi connectivity index (χ2n) is 8.73. The number of carbonyl (C=O) groups is 2. The van der Waals surface area contributed by atoms with Crippen molar-refractivity contribution in [3.05, 3.63) is 81.9 Å². The Morgan fingerprint density at radius 1 is 1.12 bits per heavy atom. The van der Waals surface area contributed by atoms with Gasteiger partial charge in [-0.1, -0.05) is 60.1 Å². The number of amides is 1. The molecule has 1 heterocycles. The molecular formula is C27H27ClN2O3. The number of carbonyl (C=O) groups excluding carboxylic acids is 2. The quantitative estimate of drug-likeness (QED) is 0.472. The van der Waals surface area contributed by atoms with E-state index in [1.54, 1.807) is 6.07 Å². The fourth-order valence-electron chi connectivity index (χ4n) is 4.27. The molecular weight excluding hydrogens is 436 g/mol. The Labute approximate surface area is 198 Å². The zero-order chi connectivity index (χ0) is 23.6.